The molecule has 58 heavy (non-hydrogen) atoms. The Kier molecular flexibility index (Phi) is 13.3. The zero-order valence-electron chi connectivity index (χ0n) is 33.2. The number of hydrogen-bond donors (Lipinski definition) is 3. The molecule has 2 aliphatic carbocycles. The van der Waals surface area contributed by atoms with E-state index in [9.17, 15) is 15.3 Å². The highest BCUT2D eigenvalue weighted by atomic mass is 32.2. The molecule has 3 N–H and O–H groups in total. The highest BCUT2D eigenvalue weighted by molar-refractivity contribution is 7.89. The molecule has 308 valence electrons. The van der Waals surface area contributed by atoms with Crippen molar-refractivity contribution in [1.29, 1.82) is 0 Å². The number of benzene rings is 3. The molecule has 4 aromatic rings. The van der Waals surface area contributed by atoms with Crippen LogP contribution in [0.25, 0.3) is 10.9 Å². The maximum Gasteiger partial charge on any atom is 0.245 e. The number of pyridine rings is 1. The van der Waals surface area contributed by atoms with Crippen molar-refractivity contribution >= 4 is 26.6 Å². The third-order valence-corrected chi connectivity index (χ3v) is 13.8. The van der Waals surface area contributed by atoms with Gasteiger partial charge in [-0.05, 0) is 85.4 Å². The van der Waals surface area contributed by atoms with Crippen molar-refractivity contribution in [3.8, 4) is 11.5 Å². The van der Waals surface area contributed by atoms with E-state index >= 15 is 8.42 Å². The Morgan fingerprint density at radius 3 is 2.53 bits per heavy atom. The number of phenolic OH excluding ortho intramolecular Hbond substituents is 1. The summed E-state index contributed by atoms with van der Waals surface area (Å²) in [5.74, 6) is -1.86. The van der Waals surface area contributed by atoms with Gasteiger partial charge < -0.3 is 29.6 Å². The number of hydrogen-bond acceptors (Lipinski definition) is 10. The van der Waals surface area contributed by atoms with E-state index in [1.165, 1.54) is 4.31 Å². The first-order valence-corrected chi connectivity index (χ1v) is 22.0. The lowest BCUT2D eigenvalue weighted by molar-refractivity contribution is -0.251. The van der Waals surface area contributed by atoms with Gasteiger partial charge in [-0.15, -0.1) is 6.58 Å². The normalized spacial score (nSPS) is 24.5. The Balaban J connectivity index is 1.47. The number of aromatic nitrogens is 1. The van der Waals surface area contributed by atoms with Gasteiger partial charge in [0.25, 0.3) is 0 Å². The Morgan fingerprint density at radius 2 is 1.78 bits per heavy atom. The zero-order chi connectivity index (χ0) is 40.7. The summed E-state index contributed by atoms with van der Waals surface area (Å²) in [4.78, 5) is 10.8. The summed E-state index contributed by atoms with van der Waals surface area (Å²) in [7, 11) is -4.28. The standard InChI is InChI=1S/C46H55N3O8S/c1-3-24-49(58(53,54)41-20-12-17-33-18-13-23-47-45(33)41)42-30-39(48-56-31-32-14-6-5-7-15-32)37-28-34(16-8-10-25-50)36(19-9-11-26-51)43-38-29-35(52)21-22-40(38)57-46(42,44(37)43)55-27-4-2/h4-7,12-15,17-18,20-23,28-29,34,36,42-44,50-52H,2-3,8-11,16,19,24-27,30-31H2,1H3. The van der Waals surface area contributed by atoms with Crippen molar-refractivity contribution in [3.05, 3.63) is 120 Å². The third-order valence-electron chi connectivity index (χ3n) is 11.9. The molecular formula is C46H55N3O8S. The Morgan fingerprint density at radius 1 is 1.00 bits per heavy atom. The average molecular weight is 810 g/mol. The number of para-hydroxylation sites is 1. The molecule has 1 aliphatic heterocycles. The van der Waals surface area contributed by atoms with E-state index in [1.807, 2.05) is 49.4 Å². The number of nitrogens with zero attached hydrogens (tertiary/aromatic N) is 3. The molecule has 0 saturated heterocycles. The smallest absolute Gasteiger partial charge is 0.245 e. The topological polar surface area (TPSA) is 151 Å². The molecule has 3 aromatic carbocycles. The molecule has 2 heterocycles. The summed E-state index contributed by atoms with van der Waals surface area (Å²) in [6.45, 7) is 6.53. The predicted molar refractivity (Wildman–Crippen MR) is 224 cm³/mol. The molecule has 0 amide bonds. The molecule has 1 fully saturated rings. The number of aliphatic hydroxyl groups excluding tert-OH is 2. The summed E-state index contributed by atoms with van der Waals surface area (Å²) >= 11 is 0. The largest absolute Gasteiger partial charge is 0.508 e. The zero-order valence-corrected chi connectivity index (χ0v) is 34.0. The van der Waals surface area contributed by atoms with E-state index in [0.29, 0.717) is 41.6 Å². The van der Waals surface area contributed by atoms with Gasteiger partial charge in [-0.25, -0.2) is 8.42 Å². The molecule has 12 heteroatoms. The van der Waals surface area contributed by atoms with Crippen molar-refractivity contribution in [2.75, 3.05) is 26.4 Å². The number of fused-ring (bicyclic) bond motifs is 3. The van der Waals surface area contributed by atoms with Gasteiger partial charge in [-0.3, -0.25) is 4.98 Å². The fraction of sp³-hybridized carbons (Fsp3) is 0.435. The Labute approximate surface area is 341 Å². The molecule has 6 atom stereocenters. The van der Waals surface area contributed by atoms with E-state index in [2.05, 4.69) is 17.6 Å². The first-order chi connectivity index (χ1) is 28.3. The van der Waals surface area contributed by atoms with Crippen LogP contribution in [-0.2, 0) is 26.2 Å². The van der Waals surface area contributed by atoms with Crippen LogP contribution in [0.2, 0.25) is 0 Å². The van der Waals surface area contributed by atoms with Crippen LogP contribution in [0.3, 0.4) is 0 Å². The average Bonchev–Trinajstić information content (AvgIpc) is 3.24. The van der Waals surface area contributed by atoms with Crippen LogP contribution >= 0.6 is 0 Å². The first kappa shape index (κ1) is 41.6. The van der Waals surface area contributed by atoms with Crippen LogP contribution in [0.5, 0.6) is 11.5 Å². The van der Waals surface area contributed by atoms with Gasteiger partial charge in [0.1, 0.15) is 23.0 Å². The molecule has 3 aliphatic rings. The predicted octanol–water partition coefficient (Wildman–Crippen LogP) is 7.88. The maximum atomic E-state index is 15.4. The minimum atomic E-state index is -4.28. The van der Waals surface area contributed by atoms with Crippen LogP contribution < -0.4 is 4.74 Å². The lowest BCUT2D eigenvalue weighted by atomic mass is 9.55. The Hall–Kier alpha value is -4.59. The number of aliphatic hydroxyl groups is 2. The van der Waals surface area contributed by atoms with Gasteiger partial charge in [-0.2, -0.15) is 4.31 Å². The van der Waals surface area contributed by atoms with E-state index in [-0.39, 0.29) is 67.8 Å². The van der Waals surface area contributed by atoms with Gasteiger partial charge in [0.15, 0.2) is 0 Å². The second-order valence-corrected chi connectivity index (χ2v) is 17.4. The van der Waals surface area contributed by atoms with Crippen molar-refractivity contribution in [2.24, 2.45) is 22.9 Å². The number of unbranched alkanes of at least 4 members (excludes halogenated alkanes) is 2. The van der Waals surface area contributed by atoms with Crippen LogP contribution in [0.4, 0.5) is 0 Å². The number of phenols is 1. The molecule has 11 nitrogen and oxygen atoms in total. The van der Waals surface area contributed by atoms with Gasteiger partial charge in [-0.1, -0.05) is 85.6 Å². The Bertz CT molecular complexity index is 2210. The van der Waals surface area contributed by atoms with Crippen LogP contribution in [0.15, 0.2) is 119 Å². The van der Waals surface area contributed by atoms with E-state index in [1.54, 1.807) is 48.7 Å². The molecule has 1 aromatic heterocycles. The van der Waals surface area contributed by atoms with E-state index in [4.69, 9.17) is 19.5 Å². The molecular weight excluding hydrogens is 755 g/mol. The minimum absolute atomic E-state index is 0.0149. The van der Waals surface area contributed by atoms with Crippen molar-refractivity contribution in [3.63, 3.8) is 0 Å². The number of aromatic hydroxyl groups is 1. The number of sulfonamides is 1. The molecule has 0 radical (unpaired) electrons. The van der Waals surface area contributed by atoms with Gasteiger partial charge >= 0.3 is 0 Å². The fourth-order valence-electron chi connectivity index (χ4n) is 9.47. The quantitative estimate of drug-likeness (QED) is 0.0489. The molecule has 1 saturated carbocycles. The van der Waals surface area contributed by atoms with Crippen LogP contribution in [-0.4, -0.2) is 76.9 Å². The van der Waals surface area contributed by atoms with Crippen molar-refractivity contribution in [2.45, 2.75) is 87.5 Å². The lowest BCUT2D eigenvalue weighted by Crippen LogP contribution is -2.70. The monoisotopic (exact) mass is 809 g/mol. The molecule has 6 unspecified atom stereocenters. The van der Waals surface area contributed by atoms with Gasteiger partial charge in [0.2, 0.25) is 15.8 Å². The van der Waals surface area contributed by atoms with E-state index < -0.39 is 27.8 Å². The van der Waals surface area contributed by atoms with Crippen molar-refractivity contribution < 1.29 is 38.0 Å². The highest BCUT2D eigenvalue weighted by Crippen LogP contribution is 2.62. The summed E-state index contributed by atoms with van der Waals surface area (Å²) in [5, 5.41) is 36.3. The number of ether oxygens (including phenoxy) is 2. The molecule has 0 spiro atoms. The van der Waals surface area contributed by atoms with Gasteiger partial charge in [0, 0.05) is 49.2 Å². The number of allylic oxidation sites excluding steroid dienone is 1. The second kappa shape index (κ2) is 18.6. The number of oxime groups is 1. The van der Waals surface area contributed by atoms with E-state index in [0.717, 1.165) is 42.4 Å². The molecule has 7 rings (SSSR count). The van der Waals surface area contributed by atoms with Crippen LogP contribution in [0, 0.1) is 17.8 Å². The third kappa shape index (κ3) is 8.18. The van der Waals surface area contributed by atoms with Crippen LogP contribution in [0.1, 0.15) is 75.3 Å². The van der Waals surface area contributed by atoms with Crippen molar-refractivity contribution in [1.82, 2.24) is 9.29 Å². The first-order valence-electron chi connectivity index (χ1n) is 20.6. The second-order valence-electron chi connectivity index (χ2n) is 15.5. The maximum absolute atomic E-state index is 15.4. The van der Waals surface area contributed by atoms with Gasteiger partial charge in [0.05, 0.1) is 29.8 Å². The fourth-order valence-corrected chi connectivity index (χ4v) is 11.4. The summed E-state index contributed by atoms with van der Waals surface area (Å²) in [6.07, 6.45) is 10.5. The molecule has 0 bridgehead atoms. The SMILES string of the molecule is C=CCOC12Oc3ccc(O)cc3C3C(CCCCO)C(CCCCO)C=C(C(=NOCc4ccccc4)CC1N(CCC)S(=O)(=O)c1cccc4cccnc14)C32. The summed E-state index contributed by atoms with van der Waals surface area (Å²) in [5.41, 5.74) is 3.59. The minimum Gasteiger partial charge on any atom is -0.508 e. The summed E-state index contributed by atoms with van der Waals surface area (Å²) < 4.78 is 46.5. The lowest BCUT2D eigenvalue weighted by Gasteiger charge is -2.59. The summed E-state index contributed by atoms with van der Waals surface area (Å²) in [6, 6.07) is 22.8. The number of rotatable bonds is 19. The highest BCUT2D eigenvalue weighted by Gasteiger charge is 2.66.